The van der Waals surface area contributed by atoms with Crippen LogP contribution >= 0.6 is 11.3 Å². The molecule has 0 radical (unpaired) electrons. The second kappa shape index (κ2) is 4.16. The highest BCUT2D eigenvalue weighted by Crippen LogP contribution is 2.30. The topological polar surface area (TPSA) is 45.1 Å². The molecule has 0 fully saturated rings. The molecule has 0 saturated heterocycles. The van der Waals surface area contributed by atoms with Gasteiger partial charge in [-0.05, 0) is 25.0 Å². The van der Waals surface area contributed by atoms with Gasteiger partial charge in [0.1, 0.15) is 0 Å². The quantitative estimate of drug-likeness (QED) is 0.837. The average molecular weight is 222 g/mol. The Labute approximate surface area is 92.8 Å². The highest BCUT2D eigenvalue weighted by atomic mass is 32.1. The van der Waals surface area contributed by atoms with Crippen LogP contribution < -0.4 is 5.32 Å². The fourth-order valence-electron chi connectivity index (χ4n) is 1.50. The molecule has 2 aromatic rings. The third-order valence-corrected chi connectivity index (χ3v) is 3.48. The highest BCUT2D eigenvalue weighted by molar-refractivity contribution is 7.22. The van der Waals surface area contributed by atoms with Crippen molar-refractivity contribution in [3.63, 3.8) is 0 Å². The molecule has 0 bridgehead atoms. The predicted molar refractivity (Wildman–Crippen MR) is 64.7 cm³/mol. The van der Waals surface area contributed by atoms with Crippen molar-refractivity contribution in [1.82, 2.24) is 4.98 Å². The molecule has 0 aliphatic carbocycles. The minimum absolute atomic E-state index is 0.133. The maximum absolute atomic E-state index is 8.73. The van der Waals surface area contributed by atoms with Gasteiger partial charge in [-0.3, -0.25) is 0 Å². The van der Waals surface area contributed by atoms with Crippen LogP contribution in [-0.2, 0) is 0 Å². The molecular weight excluding hydrogens is 208 g/mol. The Hall–Kier alpha value is -1.13. The van der Waals surface area contributed by atoms with Crippen molar-refractivity contribution in [2.24, 2.45) is 0 Å². The Morgan fingerprint density at radius 1 is 1.33 bits per heavy atom. The van der Waals surface area contributed by atoms with E-state index in [1.54, 1.807) is 11.3 Å². The zero-order chi connectivity index (χ0) is 10.8. The first-order chi connectivity index (χ1) is 7.22. The molecule has 1 aromatic carbocycles. The van der Waals surface area contributed by atoms with Gasteiger partial charge >= 0.3 is 0 Å². The van der Waals surface area contributed by atoms with Gasteiger partial charge in [0.25, 0.3) is 0 Å². The van der Waals surface area contributed by atoms with Crippen LogP contribution in [0.2, 0.25) is 0 Å². The van der Waals surface area contributed by atoms with Gasteiger partial charge in [-0.1, -0.05) is 23.5 Å². The molecule has 0 aliphatic heterocycles. The number of hydrogen-bond acceptors (Lipinski definition) is 4. The number of aliphatic hydroxyl groups is 1. The van der Waals surface area contributed by atoms with Crippen LogP contribution in [0.3, 0.4) is 0 Å². The van der Waals surface area contributed by atoms with Crippen molar-refractivity contribution in [1.29, 1.82) is 0 Å². The fraction of sp³-hybridized carbons (Fsp3) is 0.364. The lowest BCUT2D eigenvalue weighted by atomic mass is 10.1. The average Bonchev–Trinajstić information content (AvgIpc) is 2.66. The van der Waals surface area contributed by atoms with E-state index in [0.29, 0.717) is 6.54 Å². The summed E-state index contributed by atoms with van der Waals surface area (Å²) in [5.41, 5.74) is 3.52. The molecule has 0 amide bonds. The molecule has 0 atom stereocenters. The first-order valence-electron chi connectivity index (χ1n) is 4.94. The highest BCUT2D eigenvalue weighted by Gasteiger charge is 2.07. The number of aliphatic hydroxyl groups excluding tert-OH is 1. The van der Waals surface area contributed by atoms with Gasteiger partial charge in [0.2, 0.25) is 0 Å². The van der Waals surface area contributed by atoms with E-state index in [4.69, 9.17) is 5.11 Å². The van der Waals surface area contributed by atoms with Gasteiger partial charge in [-0.2, -0.15) is 0 Å². The summed E-state index contributed by atoms with van der Waals surface area (Å²) in [5, 5.41) is 12.7. The predicted octanol–water partition coefficient (Wildman–Crippen LogP) is 2.32. The molecule has 4 heteroatoms. The van der Waals surface area contributed by atoms with Gasteiger partial charge in [0.05, 0.1) is 16.8 Å². The zero-order valence-corrected chi connectivity index (χ0v) is 9.69. The first kappa shape index (κ1) is 10.4. The van der Waals surface area contributed by atoms with Crippen LogP contribution in [0.5, 0.6) is 0 Å². The van der Waals surface area contributed by atoms with E-state index in [-0.39, 0.29) is 6.61 Å². The Balaban J connectivity index is 2.45. The summed E-state index contributed by atoms with van der Waals surface area (Å²) in [7, 11) is 0. The number of aromatic nitrogens is 1. The third-order valence-electron chi connectivity index (χ3n) is 2.33. The Bertz CT molecular complexity index is 440. The van der Waals surface area contributed by atoms with Crippen LogP contribution in [0.1, 0.15) is 11.1 Å². The number of aryl methyl sites for hydroxylation is 2. The number of anilines is 1. The lowest BCUT2D eigenvalue weighted by Crippen LogP contribution is -2.04. The van der Waals surface area contributed by atoms with E-state index >= 15 is 0 Å². The fourth-order valence-corrected chi connectivity index (χ4v) is 2.53. The first-order valence-corrected chi connectivity index (χ1v) is 5.75. The monoisotopic (exact) mass is 222 g/mol. The molecular formula is C11H14N2OS. The molecule has 0 aliphatic rings. The lowest BCUT2D eigenvalue weighted by Gasteiger charge is -1.96. The SMILES string of the molecule is Cc1ccc(C)c2sc(NCCO)nc12. The van der Waals surface area contributed by atoms with Crippen molar-refractivity contribution in [2.45, 2.75) is 13.8 Å². The van der Waals surface area contributed by atoms with Gasteiger partial charge < -0.3 is 10.4 Å². The van der Waals surface area contributed by atoms with E-state index in [1.165, 1.54) is 15.8 Å². The van der Waals surface area contributed by atoms with E-state index in [9.17, 15) is 0 Å². The standard InChI is InChI=1S/C11H14N2OS/c1-7-3-4-8(2)10-9(7)13-11(15-10)12-5-6-14/h3-4,14H,5-6H2,1-2H3,(H,12,13). The normalized spacial score (nSPS) is 10.9. The summed E-state index contributed by atoms with van der Waals surface area (Å²) in [5.74, 6) is 0. The second-order valence-electron chi connectivity index (χ2n) is 3.55. The van der Waals surface area contributed by atoms with Gasteiger partial charge in [0.15, 0.2) is 5.13 Å². The molecule has 15 heavy (non-hydrogen) atoms. The largest absolute Gasteiger partial charge is 0.395 e. The van der Waals surface area contributed by atoms with Crippen LogP contribution in [0.4, 0.5) is 5.13 Å². The summed E-state index contributed by atoms with van der Waals surface area (Å²) in [6, 6.07) is 4.21. The second-order valence-corrected chi connectivity index (χ2v) is 4.55. The number of rotatable bonds is 3. The van der Waals surface area contributed by atoms with E-state index in [2.05, 4.69) is 36.3 Å². The van der Waals surface area contributed by atoms with Gasteiger partial charge in [-0.15, -0.1) is 0 Å². The number of nitrogens with one attached hydrogen (secondary N) is 1. The maximum Gasteiger partial charge on any atom is 0.183 e. The van der Waals surface area contributed by atoms with Crippen LogP contribution in [0, 0.1) is 13.8 Å². The molecule has 1 aromatic heterocycles. The minimum atomic E-state index is 0.133. The molecule has 2 N–H and O–H groups in total. The molecule has 2 rings (SSSR count). The summed E-state index contributed by atoms with van der Waals surface area (Å²) in [6.45, 7) is 4.85. The van der Waals surface area contributed by atoms with E-state index in [1.807, 2.05) is 0 Å². The summed E-state index contributed by atoms with van der Waals surface area (Å²) < 4.78 is 1.23. The molecule has 80 valence electrons. The number of hydrogen-bond donors (Lipinski definition) is 2. The number of benzene rings is 1. The van der Waals surface area contributed by atoms with Gasteiger partial charge in [-0.25, -0.2) is 4.98 Å². The van der Waals surface area contributed by atoms with Crippen molar-refractivity contribution in [3.05, 3.63) is 23.3 Å². The van der Waals surface area contributed by atoms with E-state index < -0.39 is 0 Å². The van der Waals surface area contributed by atoms with Gasteiger partial charge in [0, 0.05) is 6.54 Å². The summed E-state index contributed by atoms with van der Waals surface area (Å²) >= 11 is 1.64. The molecule has 0 unspecified atom stereocenters. The minimum Gasteiger partial charge on any atom is -0.395 e. The Kier molecular flexibility index (Phi) is 2.88. The maximum atomic E-state index is 8.73. The molecule has 0 spiro atoms. The zero-order valence-electron chi connectivity index (χ0n) is 8.87. The smallest absolute Gasteiger partial charge is 0.183 e. The lowest BCUT2D eigenvalue weighted by molar-refractivity contribution is 0.311. The van der Waals surface area contributed by atoms with Crippen molar-refractivity contribution < 1.29 is 5.11 Å². The molecule has 1 heterocycles. The van der Waals surface area contributed by atoms with Crippen molar-refractivity contribution in [3.8, 4) is 0 Å². The van der Waals surface area contributed by atoms with Crippen LogP contribution in [-0.4, -0.2) is 23.2 Å². The van der Waals surface area contributed by atoms with E-state index in [0.717, 1.165) is 10.6 Å². The number of fused-ring (bicyclic) bond motifs is 1. The number of nitrogens with zero attached hydrogens (tertiary/aromatic N) is 1. The Morgan fingerprint density at radius 2 is 2.07 bits per heavy atom. The van der Waals surface area contributed by atoms with Crippen LogP contribution in [0.15, 0.2) is 12.1 Å². The molecule has 3 nitrogen and oxygen atoms in total. The van der Waals surface area contributed by atoms with Crippen LogP contribution in [0.25, 0.3) is 10.2 Å². The summed E-state index contributed by atoms with van der Waals surface area (Å²) in [6.07, 6.45) is 0. The third kappa shape index (κ3) is 1.96. The Morgan fingerprint density at radius 3 is 2.73 bits per heavy atom. The molecule has 0 saturated carbocycles. The summed E-state index contributed by atoms with van der Waals surface area (Å²) in [4.78, 5) is 4.51. The van der Waals surface area contributed by atoms with Crippen molar-refractivity contribution in [2.75, 3.05) is 18.5 Å². The van der Waals surface area contributed by atoms with Crippen molar-refractivity contribution >= 4 is 26.7 Å². The number of thiazole rings is 1.